The van der Waals surface area contributed by atoms with Crippen LogP contribution in [0.15, 0.2) is 23.2 Å². The molecule has 0 bridgehead atoms. The highest BCUT2D eigenvalue weighted by molar-refractivity contribution is 7.07. The van der Waals surface area contributed by atoms with Crippen LogP contribution in [-0.2, 0) is 0 Å². The maximum absolute atomic E-state index is 11.9. The molecule has 0 radical (unpaired) electrons. The standard InChI is InChI=1S/C11H11N3O3S/c1-6(7-2-3-18-4-7)14-10(15)8-9(11(16)17)13-5-12-8/h2-6H,1H3,(H,12,13)(H,14,15)(H,16,17). The first kappa shape index (κ1) is 12.3. The summed E-state index contributed by atoms with van der Waals surface area (Å²) in [6.07, 6.45) is 1.19. The predicted molar refractivity (Wildman–Crippen MR) is 65.7 cm³/mol. The lowest BCUT2D eigenvalue weighted by molar-refractivity contribution is 0.0684. The zero-order valence-corrected chi connectivity index (χ0v) is 10.3. The van der Waals surface area contributed by atoms with E-state index in [1.807, 2.05) is 23.8 Å². The maximum Gasteiger partial charge on any atom is 0.354 e. The number of aromatic amines is 1. The Labute approximate surface area is 107 Å². The van der Waals surface area contributed by atoms with E-state index in [0.29, 0.717) is 0 Å². The van der Waals surface area contributed by atoms with Crippen LogP contribution in [0.5, 0.6) is 0 Å². The number of H-pyrrole nitrogens is 1. The first-order chi connectivity index (χ1) is 8.59. The van der Waals surface area contributed by atoms with E-state index in [2.05, 4.69) is 15.3 Å². The summed E-state index contributed by atoms with van der Waals surface area (Å²) in [6.45, 7) is 1.83. The van der Waals surface area contributed by atoms with Crippen LogP contribution in [0.3, 0.4) is 0 Å². The van der Waals surface area contributed by atoms with E-state index in [1.54, 1.807) is 0 Å². The Kier molecular flexibility index (Phi) is 3.42. The molecule has 0 saturated carbocycles. The smallest absolute Gasteiger partial charge is 0.354 e. The number of nitrogens with zero attached hydrogens (tertiary/aromatic N) is 1. The lowest BCUT2D eigenvalue weighted by Crippen LogP contribution is -2.28. The highest BCUT2D eigenvalue weighted by atomic mass is 32.1. The summed E-state index contributed by atoms with van der Waals surface area (Å²) in [5.74, 6) is -1.71. The van der Waals surface area contributed by atoms with E-state index < -0.39 is 11.9 Å². The van der Waals surface area contributed by atoms with Gasteiger partial charge in [0, 0.05) is 0 Å². The van der Waals surface area contributed by atoms with Crippen molar-refractivity contribution in [3.05, 3.63) is 40.1 Å². The van der Waals surface area contributed by atoms with E-state index in [0.717, 1.165) is 5.56 Å². The Morgan fingerprint density at radius 3 is 2.94 bits per heavy atom. The molecule has 1 unspecified atom stereocenters. The third-order valence-electron chi connectivity index (χ3n) is 2.46. The fraction of sp³-hybridized carbons (Fsp3) is 0.182. The van der Waals surface area contributed by atoms with E-state index in [4.69, 9.17) is 5.11 Å². The molecule has 0 aromatic carbocycles. The van der Waals surface area contributed by atoms with Crippen molar-refractivity contribution in [2.45, 2.75) is 13.0 Å². The van der Waals surface area contributed by atoms with E-state index in [9.17, 15) is 9.59 Å². The lowest BCUT2D eigenvalue weighted by Gasteiger charge is -2.11. The van der Waals surface area contributed by atoms with Crippen molar-refractivity contribution >= 4 is 23.2 Å². The zero-order valence-electron chi connectivity index (χ0n) is 9.51. The van der Waals surface area contributed by atoms with Gasteiger partial charge in [0.05, 0.1) is 12.4 Å². The van der Waals surface area contributed by atoms with Gasteiger partial charge in [0.2, 0.25) is 0 Å². The summed E-state index contributed by atoms with van der Waals surface area (Å²) in [7, 11) is 0. The van der Waals surface area contributed by atoms with Crippen LogP contribution in [0.1, 0.15) is 39.5 Å². The minimum Gasteiger partial charge on any atom is -0.477 e. The number of aromatic nitrogens is 2. The molecule has 2 aromatic heterocycles. The van der Waals surface area contributed by atoms with Gasteiger partial charge in [-0.1, -0.05) is 0 Å². The molecule has 2 aromatic rings. The molecule has 0 aliphatic rings. The molecule has 1 amide bonds. The van der Waals surface area contributed by atoms with Gasteiger partial charge in [0.1, 0.15) is 0 Å². The summed E-state index contributed by atoms with van der Waals surface area (Å²) in [5, 5.41) is 15.4. The molecule has 0 aliphatic heterocycles. The van der Waals surface area contributed by atoms with Gasteiger partial charge in [-0.15, -0.1) is 0 Å². The molecular weight excluding hydrogens is 254 g/mol. The van der Waals surface area contributed by atoms with E-state index >= 15 is 0 Å². The molecule has 2 heterocycles. The summed E-state index contributed by atoms with van der Waals surface area (Å²) in [4.78, 5) is 28.9. The van der Waals surface area contributed by atoms with E-state index in [-0.39, 0.29) is 17.4 Å². The Morgan fingerprint density at radius 1 is 1.56 bits per heavy atom. The van der Waals surface area contributed by atoms with Crippen LogP contribution in [0, 0.1) is 0 Å². The summed E-state index contributed by atoms with van der Waals surface area (Å²) in [6, 6.07) is 1.71. The molecule has 7 heteroatoms. The number of nitrogens with one attached hydrogen (secondary N) is 2. The second kappa shape index (κ2) is 5.01. The van der Waals surface area contributed by atoms with Gasteiger partial charge >= 0.3 is 5.97 Å². The molecule has 0 spiro atoms. The number of carbonyl (C=O) groups is 2. The summed E-state index contributed by atoms with van der Waals surface area (Å²) in [5.41, 5.74) is 0.662. The third-order valence-corrected chi connectivity index (χ3v) is 3.16. The van der Waals surface area contributed by atoms with Crippen LogP contribution in [0.4, 0.5) is 0 Å². The molecule has 1 atom stereocenters. The Morgan fingerprint density at radius 2 is 2.33 bits per heavy atom. The van der Waals surface area contributed by atoms with E-state index in [1.165, 1.54) is 17.7 Å². The first-order valence-corrected chi connectivity index (χ1v) is 6.13. The number of carbonyl (C=O) groups excluding carboxylic acids is 1. The molecule has 0 fully saturated rings. The molecular formula is C11H11N3O3S. The van der Waals surface area contributed by atoms with Gasteiger partial charge in [-0.2, -0.15) is 11.3 Å². The quantitative estimate of drug-likeness (QED) is 0.783. The topological polar surface area (TPSA) is 95.1 Å². The Bertz CT molecular complexity index is 562. The Hall–Kier alpha value is -2.15. The number of thiophene rings is 1. The summed E-state index contributed by atoms with van der Waals surface area (Å²) < 4.78 is 0. The van der Waals surface area contributed by atoms with Gasteiger partial charge in [-0.25, -0.2) is 9.78 Å². The number of hydrogen-bond acceptors (Lipinski definition) is 4. The monoisotopic (exact) mass is 265 g/mol. The van der Waals surface area contributed by atoms with Crippen LogP contribution >= 0.6 is 11.3 Å². The van der Waals surface area contributed by atoms with Crippen LogP contribution in [0.25, 0.3) is 0 Å². The number of aromatic carboxylic acids is 1. The molecule has 18 heavy (non-hydrogen) atoms. The van der Waals surface area contributed by atoms with Gasteiger partial charge < -0.3 is 15.4 Å². The van der Waals surface area contributed by atoms with Gasteiger partial charge in [-0.3, -0.25) is 4.79 Å². The minimum absolute atomic E-state index is 0.107. The van der Waals surface area contributed by atoms with Crippen molar-refractivity contribution in [3.63, 3.8) is 0 Å². The second-order valence-corrected chi connectivity index (χ2v) is 4.46. The van der Waals surface area contributed by atoms with Crippen LogP contribution < -0.4 is 5.32 Å². The Balaban J connectivity index is 2.13. The minimum atomic E-state index is -1.21. The van der Waals surface area contributed by atoms with Gasteiger partial charge in [0.25, 0.3) is 5.91 Å². The highest BCUT2D eigenvalue weighted by Crippen LogP contribution is 2.16. The van der Waals surface area contributed by atoms with Crippen LogP contribution in [0.2, 0.25) is 0 Å². The van der Waals surface area contributed by atoms with Crippen molar-refractivity contribution in [2.24, 2.45) is 0 Å². The molecule has 3 N–H and O–H groups in total. The van der Waals surface area contributed by atoms with Gasteiger partial charge in [-0.05, 0) is 29.3 Å². The SMILES string of the molecule is CC(NC(=O)c1nc[nH]c1C(=O)O)c1ccsc1. The number of carboxylic acid groups (broad SMARTS) is 1. The molecule has 0 aliphatic carbocycles. The fourth-order valence-corrected chi connectivity index (χ4v) is 2.25. The average Bonchev–Trinajstić information content (AvgIpc) is 3.00. The number of hydrogen-bond donors (Lipinski definition) is 3. The molecule has 6 nitrogen and oxygen atoms in total. The molecule has 2 rings (SSSR count). The van der Waals surface area contributed by atoms with Gasteiger partial charge in [0.15, 0.2) is 11.4 Å². The maximum atomic E-state index is 11.9. The normalized spacial score (nSPS) is 12.1. The largest absolute Gasteiger partial charge is 0.477 e. The third kappa shape index (κ3) is 2.40. The first-order valence-electron chi connectivity index (χ1n) is 5.19. The van der Waals surface area contributed by atoms with Crippen LogP contribution in [-0.4, -0.2) is 27.0 Å². The lowest BCUT2D eigenvalue weighted by atomic mass is 10.2. The molecule has 0 saturated heterocycles. The number of carboxylic acids is 1. The number of amides is 1. The number of rotatable bonds is 4. The van der Waals surface area contributed by atoms with Crippen molar-refractivity contribution in [2.75, 3.05) is 0 Å². The number of imidazole rings is 1. The molecule has 94 valence electrons. The zero-order chi connectivity index (χ0) is 13.1. The summed E-state index contributed by atoms with van der Waals surface area (Å²) >= 11 is 1.53. The van der Waals surface area contributed by atoms with Crippen molar-refractivity contribution in [3.8, 4) is 0 Å². The van der Waals surface area contributed by atoms with Crippen molar-refractivity contribution in [1.82, 2.24) is 15.3 Å². The fourth-order valence-electron chi connectivity index (χ4n) is 1.50. The van der Waals surface area contributed by atoms with Crippen molar-refractivity contribution in [1.29, 1.82) is 0 Å². The predicted octanol–water partition coefficient (Wildman–Crippen LogP) is 1.66. The second-order valence-electron chi connectivity index (χ2n) is 3.68. The highest BCUT2D eigenvalue weighted by Gasteiger charge is 2.21. The van der Waals surface area contributed by atoms with Crippen molar-refractivity contribution < 1.29 is 14.7 Å². The average molecular weight is 265 g/mol.